The minimum atomic E-state index is -0.516. The minimum absolute atomic E-state index is 0.0553. The van der Waals surface area contributed by atoms with E-state index in [0.29, 0.717) is 24.4 Å². The third-order valence-electron chi connectivity index (χ3n) is 6.50. The molecule has 0 saturated carbocycles. The van der Waals surface area contributed by atoms with Crippen LogP contribution in [0, 0.1) is 11.7 Å². The number of amides is 2. The molecule has 0 spiro atoms. The number of carbonyl (C=O) groups excluding carboxylic acids is 2. The van der Waals surface area contributed by atoms with Gasteiger partial charge in [-0.15, -0.1) is 0 Å². The molecule has 1 aliphatic heterocycles. The van der Waals surface area contributed by atoms with Crippen LogP contribution in [0.5, 0.6) is 5.75 Å². The highest BCUT2D eigenvalue weighted by Crippen LogP contribution is 2.40. The van der Waals surface area contributed by atoms with Crippen LogP contribution in [-0.2, 0) is 9.59 Å². The molecule has 0 aromatic heterocycles. The number of rotatable bonds is 11. The molecule has 0 radical (unpaired) electrons. The maximum atomic E-state index is 13.7. The van der Waals surface area contributed by atoms with E-state index in [9.17, 15) is 14.0 Å². The Hall–Kier alpha value is -2.93. The van der Waals surface area contributed by atoms with E-state index in [-0.39, 0.29) is 24.1 Å². The molecular weight excluding hydrogens is 433 g/mol. The first-order valence-electron chi connectivity index (χ1n) is 12.2. The van der Waals surface area contributed by atoms with E-state index in [1.54, 1.807) is 36.3 Å². The van der Waals surface area contributed by atoms with Crippen LogP contribution in [-0.4, -0.2) is 50.0 Å². The SMILES string of the molecule is CCCCN(CC)CCNC(=O)C1CCC(=O)N(c2ccc(OC)cc2)C1c1ccc(F)cc1. The van der Waals surface area contributed by atoms with Crippen LogP contribution >= 0.6 is 0 Å². The Morgan fingerprint density at radius 3 is 2.44 bits per heavy atom. The Kier molecular flexibility index (Phi) is 9.45. The molecule has 1 aliphatic rings. The molecule has 6 nitrogen and oxygen atoms in total. The average Bonchev–Trinajstić information content (AvgIpc) is 2.86. The van der Waals surface area contributed by atoms with Crippen LogP contribution in [0.4, 0.5) is 10.1 Å². The molecule has 1 saturated heterocycles. The summed E-state index contributed by atoms with van der Waals surface area (Å²) in [6, 6.07) is 12.8. The van der Waals surface area contributed by atoms with Crippen LogP contribution in [0.25, 0.3) is 0 Å². The highest BCUT2D eigenvalue weighted by Gasteiger charge is 2.41. The van der Waals surface area contributed by atoms with Gasteiger partial charge in [0.25, 0.3) is 0 Å². The molecule has 2 amide bonds. The van der Waals surface area contributed by atoms with Crippen LogP contribution in [0.3, 0.4) is 0 Å². The molecule has 184 valence electrons. The van der Waals surface area contributed by atoms with Gasteiger partial charge in [0.15, 0.2) is 0 Å². The number of hydrogen-bond donors (Lipinski definition) is 1. The fourth-order valence-corrected chi connectivity index (χ4v) is 4.53. The number of hydrogen-bond acceptors (Lipinski definition) is 4. The van der Waals surface area contributed by atoms with Gasteiger partial charge < -0.3 is 19.9 Å². The van der Waals surface area contributed by atoms with E-state index in [4.69, 9.17) is 4.74 Å². The highest BCUT2D eigenvalue weighted by atomic mass is 19.1. The van der Waals surface area contributed by atoms with Gasteiger partial charge in [-0.1, -0.05) is 32.4 Å². The maximum absolute atomic E-state index is 13.7. The van der Waals surface area contributed by atoms with Gasteiger partial charge in [0.1, 0.15) is 11.6 Å². The molecule has 0 bridgehead atoms. The Morgan fingerprint density at radius 2 is 1.82 bits per heavy atom. The monoisotopic (exact) mass is 469 g/mol. The number of carbonyl (C=O) groups is 2. The summed E-state index contributed by atoms with van der Waals surface area (Å²) in [6.45, 7) is 7.60. The second-order valence-electron chi connectivity index (χ2n) is 8.68. The Labute approximate surface area is 202 Å². The maximum Gasteiger partial charge on any atom is 0.227 e. The molecule has 1 heterocycles. The van der Waals surface area contributed by atoms with Crippen molar-refractivity contribution in [1.82, 2.24) is 10.2 Å². The van der Waals surface area contributed by atoms with E-state index >= 15 is 0 Å². The van der Waals surface area contributed by atoms with E-state index in [2.05, 4.69) is 24.1 Å². The molecule has 0 aliphatic carbocycles. The molecule has 2 unspecified atom stereocenters. The fourth-order valence-electron chi connectivity index (χ4n) is 4.53. The van der Waals surface area contributed by atoms with E-state index in [1.807, 2.05) is 12.1 Å². The van der Waals surface area contributed by atoms with Crippen molar-refractivity contribution in [1.29, 1.82) is 0 Å². The third kappa shape index (κ3) is 6.35. The summed E-state index contributed by atoms with van der Waals surface area (Å²) in [5, 5.41) is 3.10. The van der Waals surface area contributed by atoms with Gasteiger partial charge in [-0.25, -0.2) is 4.39 Å². The molecule has 7 heteroatoms. The van der Waals surface area contributed by atoms with Gasteiger partial charge in [0.05, 0.1) is 19.1 Å². The number of halogens is 1. The summed E-state index contributed by atoms with van der Waals surface area (Å²) in [5.41, 5.74) is 1.43. The zero-order valence-electron chi connectivity index (χ0n) is 20.4. The molecule has 2 aromatic rings. The van der Waals surface area contributed by atoms with Crippen molar-refractivity contribution >= 4 is 17.5 Å². The summed E-state index contributed by atoms with van der Waals surface area (Å²) >= 11 is 0. The van der Waals surface area contributed by atoms with Gasteiger partial charge in [0.2, 0.25) is 11.8 Å². The molecule has 2 atom stereocenters. The first-order chi connectivity index (χ1) is 16.5. The summed E-state index contributed by atoms with van der Waals surface area (Å²) < 4.78 is 18.9. The van der Waals surface area contributed by atoms with Crippen LogP contribution in [0.15, 0.2) is 48.5 Å². The highest BCUT2D eigenvalue weighted by molar-refractivity contribution is 5.97. The quantitative estimate of drug-likeness (QED) is 0.524. The van der Waals surface area contributed by atoms with E-state index in [1.165, 1.54) is 12.1 Å². The van der Waals surface area contributed by atoms with Crippen LogP contribution < -0.4 is 15.0 Å². The number of unbranched alkanes of at least 4 members (excludes halogenated alkanes) is 1. The lowest BCUT2D eigenvalue weighted by Crippen LogP contribution is -2.49. The molecule has 2 aromatic carbocycles. The summed E-state index contributed by atoms with van der Waals surface area (Å²) in [4.78, 5) is 30.5. The van der Waals surface area contributed by atoms with E-state index < -0.39 is 12.0 Å². The van der Waals surface area contributed by atoms with Crippen molar-refractivity contribution in [2.45, 2.75) is 45.6 Å². The standard InChI is InChI=1S/C27H36FN3O3/c1-4-6-18-30(5-2)19-17-29-27(33)24-15-16-25(32)31(22-11-13-23(34-3)14-12-22)26(24)20-7-9-21(28)10-8-20/h7-14,24,26H,4-6,15-19H2,1-3H3,(H,29,33). The predicted octanol–water partition coefficient (Wildman–Crippen LogP) is 4.56. The number of nitrogens with one attached hydrogen (secondary N) is 1. The number of methoxy groups -OCH3 is 1. The van der Waals surface area contributed by atoms with Crippen molar-refractivity contribution in [3.05, 3.63) is 59.9 Å². The third-order valence-corrected chi connectivity index (χ3v) is 6.50. The van der Waals surface area contributed by atoms with Crippen molar-refractivity contribution < 1.29 is 18.7 Å². The van der Waals surface area contributed by atoms with Crippen LogP contribution in [0.1, 0.15) is 51.1 Å². The second-order valence-corrected chi connectivity index (χ2v) is 8.68. The summed E-state index contributed by atoms with van der Waals surface area (Å²) in [6.07, 6.45) is 3.00. The fraction of sp³-hybridized carbons (Fsp3) is 0.481. The van der Waals surface area contributed by atoms with Gasteiger partial charge in [-0.2, -0.15) is 0 Å². The second kappa shape index (κ2) is 12.5. The smallest absolute Gasteiger partial charge is 0.227 e. The van der Waals surface area contributed by atoms with Gasteiger partial charge >= 0.3 is 0 Å². The number of nitrogens with zero attached hydrogens (tertiary/aromatic N) is 2. The molecule has 34 heavy (non-hydrogen) atoms. The zero-order chi connectivity index (χ0) is 24.5. The predicted molar refractivity (Wildman–Crippen MR) is 132 cm³/mol. The van der Waals surface area contributed by atoms with Crippen molar-refractivity contribution in [2.75, 3.05) is 38.2 Å². The van der Waals surface area contributed by atoms with Gasteiger partial charge in [-0.05, 0) is 67.9 Å². The number of piperidine rings is 1. The minimum Gasteiger partial charge on any atom is -0.497 e. The zero-order valence-corrected chi connectivity index (χ0v) is 20.4. The van der Waals surface area contributed by atoms with Gasteiger partial charge in [-0.3, -0.25) is 9.59 Å². The lowest BCUT2D eigenvalue weighted by Gasteiger charge is -2.41. The molecule has 3 rings (SSSR count). The average molecular weight is 470 g/mol. The number of likely N-dealkylation sites (N-methyl/N-ethyl adjacent to an activating group) is 1. The lowest BCUT2D eigenvalue weighted by molar-refractivity contribution is -0.129. The van der Waals surface area contributed by atoms with Crippen molar-refractivity contribution in [2.24, 2.45) is 5.92 Å². The summed E-state index contributed by atoms with van der Waals surface area (Å²) in [5.74, 6) is -0.234. The molecule has 1 fully saturated rings. The first-order valence-corrected chi connectivity index (χ1v) is 12.2. The molecular formula is C27H36FN3O3. The lowest BCUT2D eigenvalue weighted by atomic mass is 9.83. The number of ether oxygens (including phenoxy) is 1. The Bertz CT molecular complexity index is 933. The Morgan fingerprint density at radius 1 is 1.12 bits per heavy atom. The first kappa shape index (κ1) is 25.7. The normalized spacial score (nSPS) is 18.3. The van der Waals surface area contributed by atoms with Crippen molar-refractivity contribution in [3.63, 3.8) is 0 Å². The largest absolute Gasteiger partial charge is 0.497 e. The number of anilines is 1. The van der Waals surface area contributed by atoms with E-state index in [0.717, 1.165) is 38.0 Å². The topological polar surface area (TPSA) is 61.9 Å². The molecule has 1 N–H and O–H groups in total. The number of benzene rings is 2. The van der Waals surface area contributed by atoms with Gasteiger partial charge in [0, 0.05) is 25.2 Å². The Balaban J connectivity index is 1.83. The summed E-state index contributed by atoms with van der Waals surface area (Å²) in [7, 11) is 1.59. The van der Waals surface area contributed by atoms with Crippen molar-refractivity contribution in [3.8, 4) is 5.75 Å². The van der Waals surface area contributed by atoms with Crippen LogP contribution in [0.2, 0.25) is 0 Å².